The molecule has 140 heavy (non-hydrogen) atoms. The number of anilines is 6. The molecule has 3 aliphatic rings. The summed E-state index contributed by atoms with van der Waals surface area (Å²) >= 11 is 0. The van der Waals surface area contributed by atoms with Gasteiger partial charge in [0.25, 0.3) is 0 Å². The highest BCUT2D eigenvalue weighted by Crippen LogP contribution is 2.66. The summed E-state index contributed by atoms with van der Waals surface area (Å²) in [5, 5.41) is 17.0. The summed E-state index contributed by atoms with van der Waals surface area (Å²) in [6.45, 7) is 48.3. The van der Waals surface area contributed by atoms with E-state index in [9.17, 15) is 16.2 Å². The second-order valence-corrected chi connectivity index (χ2v) is 46.7. The smallest absolute Gasteiger partial charge is 0.0991 e. The second-order valence-electron chi connectivity index (χ2n) is 46.7. The molecule has 0 saturated heterocycles. The van der Waals surface area contributed by atoms with Crippen LogP contribution < -0.4 is 9.80 Å². The maximum Gasteiger partial charge on any atom is 0.0991 e. The van der Waals surface area contributed by atoms with Crippen LogP contribution in [0.5, 0.6) is 0 Å². The molecule has 0 saturated carbocycles. The summed E-state index contributed by atoms with van der Waals surface area (Å²) in [6, 6.07) is 109. The zero-order valence-electron chi connectivity index (χ0n) is 92.0. The Kier molecular flexibility index (Phi) is 17.5. The van der Waals surface area contributed by atoms with Crippen LogP contribution >= 0.6 is 0 Å². The summed E-state index contributed by atoms with van der Waals surface area (Å²) in [7, 11) is 0. The van der Waals surface area contributed by atoms with Gasteiger partial charge in [0.2, 0.25) is 0 Å². The number of nitriles is 1. The Morgan fingerprint density at radius 2 is 0.650 bits per heavy atom. The van der Waals surface area contributed by atoms with Crippen molar-refractivity contribution in [3.8, 4) is 62.2 Å². The summed E-state index contributed by atoms with van der Waals surface area (Å²) in [5.74, 6) is -0.735. The van der Waals surface area contributed by atoms with Crippen LogP contribution in [0.1, 0.15) is 246 Å². The number of nitrogens with zero attached hydrogens (tertiary/aromatic N) is 7. The van der Waals surface area contributed by atoms with Crippen molar-refractivity contribution in [3.05, 3.63) is 417 Å². The van der Waals surface area contributed by atoms with Crippen molar-refractivity contribution >= 4 is 121 Å². The first-order valence-electron chi connectivity index (χ1n) is 53.6. The van der Waals surface area contributed by atoms with Gasteiger partial charge in [0.05, 0.1) is 112 Å². The predicted molar refractivity (Wildman–Crippen MR) is 593 cm³/mol. The van der Waals surface area contributed by atoms with Crippen LogP contribution in [-0.2, 0) is 37.9 Å². The largest absolute Gasteiger partial charge is 0.309 e. The van der Waals surface area contributed by atoms with E-state index in [1.54, 1.807) is 4.57 Å². The topological polar surface area (TPSA) is 50.0 Å². The van der Waals surface area contributed by atoms with E-state index in [0.717, 1.165) is 161 Å². The van der Waals surface area contributed by atoms with Gasteiger partial charge in [0.1, 0.15) is 0 Å². The molecule has 0 bridgehead atoms. The molecular formula is C133H121N7. The van der Waals surface area contributed by atoms with Crippen molar-refractivity contribution in [2.75, 3.05) is 9.80 Å². The highest BCUT2D eigenvalue weighted by molar-refractivity contribution is 6.20. The van der Waals surface area contributed by atoms with Gasteiger partial charge in [-0.3, -0.25) is 0 Å². The molecule has 1 unspecified atom stereocenters. The lowest BCUT2D eigenvalue weighted by Gasteiger charge is -2.46. The van der Waals surface area contributed by atoms with Gasteiger partial charge in [-0.05, 0) is 260 Å². The lowest BCUT2D eigenvalue weighted by atomic mass is 9.74. The Hall–Kier alpha value is -15.0. The van der Waals surface area contributed by atoms with Gasteiger partial charge in [-0.15, -0.1) is 0 Å². The molecule has 17 aromatic carbocycles. The lowest BCUT2D eigenvalue weighted by Crippen LogP contribution is -2.30. The van der Waals surface area contributed by atoms with E-state index in [-0.39, 0.29) is 65.6 Å². The third kappa shape index (κ3) is 13.7. The van der Waals surface area contributed by atoms with Crippen LogP contribution in [0.25, 0.3) is 143 Å². The molecule has 21 aromatic rings. The van der Waals surface area contributed by atoms with Crippen LogP contribution in [0, 0.1) is 11.3 Å². The van der Waals surface area contributed by atoms with Crippen molar-refractivity contribution in [2.24, 2.45) is 0 Å². The molecule has 0 amide bonds. The van der Waals surface area contributed by atoms with E-state index >= 15 is 0 Å². The zero-order chi connectivity index (χ0) is 104. The minimum absolute atomic E-state index is 0.0130. The Morgan fingerprint density at radius 1 is 0.250 bits per heavy atom. The van der Waals surface area contributed by atoms with Gasteiger partial charge < -0.3 is 28.1 Å². The van der Waals surface area contributed by atoms with E-state index in [0.29, 0.717) is 16.8 Å². The minimum atomic E-state index is -0.525. The highest BCUT2D eigenvalue weighted by atomic mass is 15.2. The molecule has 7 nitrogen and oxygen atoms in total. The van der Waals surface area contributed by atoms with E-state index in [1.807, 2.05) is 36.4 Å². The van der Waals surface area contributed by atoms with Gasteiger partial charge in [-0.25, -0.2) is 0 Å². The number of aromatic nitrogens is 4. The summed E-state index contributed by atoms with van der Waals surface area (Å²) in [6.07, 6.45) is 0. The molecular weight excluding hydrogens is 1700 g/mol. The van der Waals surface area contributed by atoms with Crippen LogP contribution in [0.2, 0.25) is 0 Å². The third-order valence-corrected chi connectivity index (χ3v) is 30.6. The number of hydrogen-bond donors (Lipinski definition) is 0. The van der Waals surface area contributed by atoms with Crippen molar-refractivity contribution < 1.29 is 11.0 Å². The number of fused-ring (bicyclic) bond motifs is 19. The average molecular weight is 1830 g/mol. The van der Waals surface area contributed by atoms with Crippen molar-refractivity contribution in [1.82, 2.24) is 18.3 Å². The number of rotatable bonds is 9. The third-order valence-electron chi connectivity index (χ3n) is 30.6. The summed E-state index contributed by atoms with van der Waals surface area (Å²) in [5.41, 5.74) is 35.0. The minimum Gasteiger partial charge on any atom is -0.309 e. The summed E-state index contributed by atoms with van der Waals surface area (Å²) in [4.78, 5) is 5.25. The molecule has 2 aliphatic heterocycles. The van der Waals surface area contributed by atoms with Gasteiger partial charge in [-0.1, -0.05) is 352 Å². The van der Waals surface area contributed by atoms with Crippen molar-refractivity contribution in [2.45, 2.75) is 195 Å². The van der Waals surface area contributed by atoms with Crippen LogP contribution in [-0.4, -0.2) is 18.3 Å². The van der Waals surface area contributed by atoms with E-state index in [4.69, 9.17) is 0 Å². The van der Waals surface area contributed by atoms with Gasteiger partial charge in [0.15, 0.2) is 0 Å². The average Bonchev–Trinajstić information content (AvgIpc) is 1.17. The maximum atomic E-state index is 11.2. The van der Waals surface area contributed by atoms with Crippen molar-refractivity contribution in [3.63, 3.8) is 0 Å². The molecule has 688 valence electrons. The van der Waals surface area contributed by atoms with Crippen LogP contribution in [0.3, 0.4) is 0 Å². The Bertz CT molecular complexity index is 9160. The molecule has 24 rings (SSSR count). The first-order chi connectivity index (χ1) is 70.2. The van der Waals surface area contributed by atoms with Gasteiger partial charge in [0, 0.05) is 83.0 Å². The fourth-order valence-corrected chi connectivity index (χ4v) is 23.0. The predicted octanol–water partition coefficient (Wildman–Crippen LogP) is 36.3. The van der Waals surface area contributed by atoms with Gasteiger partial charge in [-0.2, -0.15) is 5.26 Å². The molecule has 1 atom stereocenters. The van der Waals surface area contributed by atoms with Crippen LogP contribution in [0.4, 0.5) is 34.1 Å². The Labute approximate surface area is 835 Å². The normalized spacial score (nSPS) is 15.0. The van der Waals surface area contributed by atoms with Gasteiger partial charge >= 0.3 is 0 Å². The quantitative estimate of drug-likeness (QED) is 0.145. The number of benzene rings is 17. The molecule has 1 aliphatic carbocycles. The zero-order valence-corrected chi connectivity index (χ0v) is 84.0. The Balaban J connectivity index is 0.913. The van der Waals surface area contributed by atoms with E-state index in [2.05, 4.69) is 430 Å². The molecule has 4 aromatic heterocycles. The molecule has 0 spiro atoms. The first-order valence-corrected chi connectivity index (χ1v) is 49.6. The second kappa shape index (κ2) is 31.0. The lowest BCUT2D eigenvalue weighted by molar-refractivity contribution is 0.589. The molecule has 0 radical (unpaired) electrons. The van der Waals surface area contributed by atoms with Crippen LogP contribution in [0.15, 0.2) is 340 Å². The highest BCUT2D eigenvalue weighted by Gasteiger charge is 2.46. The maximum absolute atomic E-state index is 11.2. The number of para-hydroxylation sites is 5. The first kappa shape index (κ1) is 79.0. The van der Waals surface area contributed by atoms with E-state index < -0.39 is 54.3 Å². The Morgan fingerprint density at radius 3 is 1.16 bits per heavy atom. The number of hydrogen-bond acceptors (Lipinski definition) is 3. The molecule has 7 heteroatoms. The molecule has 6 heterocycles. The SMILES string of the molecule is [2H]c1c([2H])c([2H])c2c(c1[2H])c1c([2H])c([2H])c([2H])c([2H])c1n2-c1cccc2c3cccc(N4c5cc(-n6c7ccc(C(C)(C)C)cc7c7cc(C(C)(C)C)ccc76)ccc5C5c6ccc(C7c8ccc(C(C)(C)C)cc8-c8cc(C(C)(C)C)ccc87)cc6N(c6c(-c7ccccc7)cc(C(C)(C)C)cc6-c6ccc(C(C)(C)C)cc6)c6cc(-n7c8ccc(C#N)cc8c8cc(C(C)(C)C)ccc87)cc4c65)c3n(-c3ccccc3)c12. The molecule has 0 fully saturated rings. The monoisotopic (exact) mass is 1820 g/mol. The molecule has 0 N–H and O–H groups in total. The summed E-state index contributed by atoms with van der Waals surface area (Å²) < 4.78 is 86.3. The van der Waals surface area contributed by atoms with E-state index in [1.165, 1.54) is 55.6 Å². The van der Waals surface area contributed by atoms with Crippen molar-refractivity contribution in [1.29, 1.82) is 5.26 Å². The standard InChI is InChI=1S/C133H121N7/c1-127(2,3)83-50-47-81(48-51-83)102-74-89(133(19,20)21)73-101(80-34-24-22-25-35-80)124(102)140-117-67-82(121-95-59-52-84(128(4,5)6)68-103(95)104-69-85(129(7,8)9)53-60-96(104)121)49-58-99(117)122-100-61-57-91(135-112-63-54-87(131(13,14)15)71-107(112)108-72-88(132(16,17)18)55-64-113(108)135)75-118(100)139(119-76-92(77-120(140)123(119)122)136-111-62-46-79(78-134)66-105(111)106-70-86(130(10,11)12)56-65-114(106)136)116-45-33-41-98-97-40-32-44-115(125(97)137(126(98)116)90-36-26-23-27-37-90)138-109-42-30-28-38-93(109)94-39-29-31-43-110(94)138/h22-77,121-122H,1-21H3/i28D,29D,30D,31D,38D,39D,42D,43D. The fourth-order valence-electron chi connectivity index (χ4n) is 23.0. The fraction of sp³-hybridized carbons (Fsp3) is 0.226.